The zero-order valence-electron chi connectivity index (χ0n) is 9.15. The third-order valence-electron chi connectivity index (χ3n) is 0.897. The molecule has 0 amide bonds. The molecule has 9 nitrogen and oxygen atoms in total. The van der Waals surface area contributed by atoms with E-state index in [-0.39, 0.29) is 19.7 Å². The lowest BCUT2D eigenvalue weighted by Gasteiger charge is -1.96. The van der Waals surface area contributed by atoms with Crippen LogP contribution in [-0.2, 0) is 19.1 Å². The Hall–Kier alpha value is -1.55. The molecule has 0 rings (SSSR count). The largest absolute Gasteiger partial charge is 0.481 e. The molecule has 0 spiro atoms. The third-order valence-corrected chi connectivity index (χ3v) is 0.897. The number of carbonyl (C=O) groups excluding carboxylic acids is 2. The van der Waals surface area contributed by atoms with Gasteiger partial charge in [-0.05, 0) is 0 Å². The summed E-state index contributed by atoms with van der Waals surface area (Å²) in [6, 6.07) is 0. The van der Waals surface area contributed by atoms with Crippen LogP contribution in [0.4, 0.5) is 0 Å². The minimum absolute atomic E-state index is 0.106. The number of carboxylic acids is 1. The number of aliphatic hydroxyl groups excluding tert-OH is 4. The Labute approximate surface area is 96.9 Å². The maximum absolute atomic E-state index is 10.0. The van der Waals surface area contributed by atoms with Gasteiger partial charge in [0.1, 0.15) is 12.5 Å². The first-order valence-corrected chi connectivity index (χ1v) is 4.17. The van der Waals surface area contributed by atoms with Crippen LogP contribution in [0.5, 0.6) is 0 Å². The highest BCUT2D eigenvalue weighted by molar-refractivity contribution is 5.92. The number of ether oxygens (including phenoxy) is 1. The van der Waals surface area contributed by atoms with E-state index in [0.717, 1.165) is 7.11 Å². The van der Waals surface area contributed by atoms with Crippen molar-refractivity contribution in [2.75, 3.05) is 20.3 Å². The average Bonchev–Trinajstić information content (AvgIpc) is 2.30. The van der Waals surface area contributed by atoms with Gasteiger partial charge in [0.2, 0.25) is 0 Å². The number of aliphatic hydroxyl groups is 4. The number of hydrogen-bond acceptors (Lipinski definition) is 8. The molecular weight excluding hydrogens is 240 g/mol. The number of aliphatic carboxylic acids is 1. The Morgan fingerprint density at radius 1 is 1.24 bits per heavy atom. The van der Waals surface area contributed by atoms with Gasteiger partial charge in [0, 0.05) is 7.11 Å². The molecule has 0 saturated carbocycles. The van der Waals surface area contributed by atoms with Crippen LogP contribution in [0.3, 0.4) is 0 Å². The van der Waals surface area contributed by atoms with Gasteiger partial charge in [-0.25, -0.2) is 0 Å². The molecule has 0 saturated heterocycles. The molecular formula is C8H16O9. The number of carboxylic acid groups (broad SMARTS) is 1. The number of rotatable bonds is 5. The minimum atomic E-state index is -1.32. The first-order chi connectivity index (χ1) is 7.97. The molecule has 0 aromatic carbocycles. The lowest BCUT2D eigenvalue weighted by atomic mass is 10.4. The number of hydrogen-bond donors (Lipinski definition) is 5. The van der Waals surface area contributed by atoms with Gasteiger partial charge < -0.3 is 30.3 Å². The molecule has 0 aliphatic carbocycles. The van der Waals surface area contributed by atoms with E-state index in [4.69, 9.17) is 25.5 Å². The zero-order chi connectivity index (χ0) is 14.3. The van der Waals surface area contributed by atoms with Crippen molar-refractivity contribution in [3.05, 3.63) is 0 Å². The molecule has 0 heterocycles. The summed E-state index contributed by atoms with van der Waals surface area (Å²) >= 11 is 0. The summed E-state index contributed by atoms with van der Waals surface area (Å²) in [6.07, 6.45) is -1.73. The van der Waals surface area contributed by atoms with Crippen LogP contribution in [0.15, 0.2) is 0 Å². The number of carbonyl (C=O) groups is 3. The van der Waals surface area contributed by atoms with E-state index in [1.54, 1.807) is 0 Å². The molecule has 9 heteroatoms. The molecule has 0 aromatic rings. The van der Waals surface area contributed by atoms with E-state index >= 15 is 0 Å². The van der Waals surface area contributed by atoms with E-state index in [1.165, 1.54) is 0 Å². The van der Waals surface area contributed by atoms with Crippen LogP contribution >= 0.6 is 0 Å². The summed E-state index contributed by atoms with van der Waals surface area (Å²) in [7, 11) is 1.00. The van der Waals surface area contributed by atoms with Crippen molar-refractivity contribution in [3.63, 3.8) is 0 Å². The molecule has 0 fully saturated rings. The topological polar surface area (TPSA) is 162 Å². The molecule has 0 bridgehead atoms. The molecule has 102 valence electrons. The van der Waals surface area contributed by atoms with Crippen molar-refractivity contribution in [1.29, 1.82) is 0 Å². The van der Waals surface area contributed by atoms with Crippen molar-refractivity contribution >= 4 is 18.4 Å². The highest BCUT2D eigenvalue weighted by atomic mass is 16.6. The van der Waals surface area contributed by atoms with Gasteiger partial charge >= 0.3 is 18.4 Å². The highest BCUT2D eigenvalue weighted by Gasteiger charge is 2.06. The molecule has 5 N–H and O–H groups in total. The lowest BCUT2D eigenvalue weighted by Crippen LogP contribution is -2.15. The van der Waals surface area contributed by atoms with Crippen molar-refractivity contribution in [2.24, 2.45) is 0 Å². The zero-order valence-corrected chi connectivity index (χ0v) is 9.15. The fraction of sp³-hybridized carbons (Fsp3) is 0.625. The van der Waals surface area contributed by atoms with Crippen molar-refractivity contribution in [2.45, 2.75) is 12.5 Å². The van der Waals surface area contributed by atoms with Gasteiger partial charge in [0.05, 0.1) is 13.2 Å². The van der Waals surface area contributed by atoms with E-state index < -0.39 is 24.5 Å². The highest BCUT2D eigenvalue weighted by Crippen LogP contribution is 1.81. The summed E-state index contributed by atoms with van der Waals surface area (Å²) in [6.45, 7) is -0.835. The van der Waals surface area contributed by atoms with Crippen LogP contribution in [0.1, 0.15) is 6.42 Å². The fourth-order valence-electron chi connectivity index (χ4n) is 0.277. The molecule has 0 atom stereocenters. The summed E-state index contributed by atoms with van der Waals surface area (Å²) in [5.74, 6) is -2.38. The standard InChI is InChI=1S/C4H4O5.C3H8O3.CH4O/c5-2-9-4(8)1-3(6)7;4-1-3(6)2-5;1-2/h2H,1H2,(H,6,7);3-6H,1-2H2;2H,1H3. The van der Waals surface area contributed by atoms with Gasteiger partial charge in [0.25, 0.3) is 0 Å². The second-order valence-electron chi connectivity index (χ2n) is 2.18. The quantitative estimate of drug-likeness (QED) is 0.197. The third kappa shape index (κ3) is 25.1. The lowest BCUT2D eigenvalue weighted by molar-refractivity contribution is -0.155. The number of esters is 1. The van der Waals surface area contributed by atoms with Gasteiger partial charge in [-0.3, -0.25) is 14.4 Å². The van der Waals surface area contributed by atoms with Crippen LogP contribution < -0.4 is 0 Å². The Morgan fingerprint density at radius 3 is 1.82 bits per heavy atom. The SMILES string of the molecule is CO.O=COC(=O)CC(=O)O.OCC(O)CO. The van der Waals surface area contributed by atoms with Crippen LogP contribution in [0.2, 0.25) is 0 Å². The molecule has 17 heavy (non-hydrogen) atoms. The van der Waals surface area contributed by atoms with E-state index in [9.17, 15) is 14.4 Å². The summed E-state index contributed by atoms with van der Waals surface area (Å²) in [5, 5.41) is 38.9. The average molecular weight is 256 g/mol. The Bertz CT molecular complexity index is 199. The van der Waals surface area contributed by atoms with Gasteiger partial charge in [-0.1, -0.05) is 0 Å². The van der Waals surface area contributed by atoms with Crippen LogP contribution in [0.25, 0.3) is 0 Å². The molecule has 0 aromatic heterocycles. The monoisotopic (exact) mass is 256 g/mol. The van der Waals surface area contributed by atoms with E-state index in [1.807, 2.05) is 0 Å². The van der Waals surface area contributed by atoms with E-state index in [0.29, 0.717) is 0 Å². The summed E-state index contributed by atoms with van der Waals surface area (Å²) in [4.78, 5) is 29.0. The fourth-order valence-corrected chi connectivity index (χ4v) is 0.277. The van der Waals surface area contributed by atoms with Crippen LogP contribution in [-0.4, -0.2) is 70.4 Å². The first kappa shape index (κ1) is 20.8. The predicted molar refractivity (Wildman–Crippen MR) is 52.7 cm³/mol. The Balaban J connectivity index is -0.000000213. The Kier molecular flexibility index (Phi) is 20.6. The summed E-state index contributed by atoms with van der Waals surface area (Å²) in [5.41, 5.74) is 0. The maximum atomic E-state index is 10.0. The van der Waals surface area contributed by atoms with Crippen molar-refractivity contribution in [3.8, 4) is 0 Å². The van der Waals surface area contributed by atoms with Crippen molar-refractivity contribution < 1.29 is 44.7 Å². The minimum Gasteiger partial charge on any atom is -0.481 e. The molecule has 0 aliphatic rings. The maximum Gasteiger partial charge on any atom is 0.324 e. The van der Waals surface area contributed by atoms with Gasteiger partial charge in [0.15, 0.2) is 0 Å². The predicted octanol–water partition coefficient (Wildman–Crippen LogP) is -2.90. The van der Waals surface area contributed by atoms with E-state index in [2.05, 4.69) is 4.74 Å². The van der Waals surface area contributed by atoms with Gasteiger partial charge in [-0.15, -0.1) is 0 Å². The second-order valence-corrected chi connectivity index (χ2v) is 2.18. The molecule has 0 unspecified atom stereocenters. The Morgan fingerprint density at radius 2 is 1.65 bits per heavy atom. The van der Waals surface area contributed by atoms with Crippen LogP contribution in [0, 0.1) is 0 Å². The van der Waals surface area contributed by atoms with Gasteiger partial charge in [-0.2, -0.15) is 0 Å². The molecule has 0 radical (unpaired) electrons. The smallest absolute Gasteiger partial charge is 0.324 e. The second kappa shape index (κ2) is 16.9. The first-order valence-electron chi connectivity index (χ1n) is 4.17. The normalized spacial score (nSPS) is 8.12. The summed E-state index contributed by atoms with van der Waals surface area (Å²) < 4.78 is 3.65. The molecule has 0 aliphatic heterocycles. The van der Waals surface area contributed by atoms with Crippen molar-refractivity contribution in [1.82, 2.24) is 0 Å².